The number of allylic oxidation sites excluding steroid dienone is 3. The zero-order chi connectivity index (χ0) is 15.7. The summed E-state index contributed by atoms with van der Waals surface area (Å²) in [5.41, 5.74) is 1.92. The average molecular weight is 290 g/mol. The minimum atomic E-state index is -0.000133. The molecular formula is C19H30O2. The largest absolute Gasteiger partial charge is 0.465 e. The fourth-order valence-electron chi connectivity index (χ4n) is 4.84. The van der Waals surface area contributed by atoms with Crippen LogP contribution in [0, 0.1) is 22.7 Å². The van der Waals surface area contributed by atoms with E-state index in [1.54, 1.807) is 0 Å². The van der Waals surface area contributed by atoms with Crippen LogP contribution in [0.4, 0.5) is 0 Å². The lowest BCUT2D eigenvalue weighted by Gasteiger charge is -2.55. The van der Waals surface area contributed by atoms with E-state index in [-0.39, 0.29) is 6.10 Å². The lowest BCUT2D eigenvalue weighted by Crippen LogP contribution is -2.47. The molecule has 2 nitrogen and oxygen atoms in total. The molecular weight excluding hydrogens is 260 g/mol. The van der Waals surface area contributed by atoms with Gasteiger partial charge in [0.25, 0.3) is 6.47 Å². The minimum absolute atomic E-state index is 0.000133. The van der Waals surface area contributed by atoms with E-state index in [2.05, 4.69) is 39.5 Å². The predicted molar refractivity (Wildman–Crippen MR) is 86.8 cm³/mol. The number of fused-ring (bicyclic) bond motifs is 1. The summed E-state index contributed by atoms with van der Waals surface area (Å²) in [5.74, 6) is 1.13. The van der Waals surface area contributed by atoms with Gasteiger partial charge in [-0.15, -0.1) is 0 Å². The molecule has 4 atom stereocenters. The molecule has 1 saturated carbocycles. The molecule has 0 aromatic rings. The fourth-order valence-corrected chi connectivity index (χ4v) is 4.84. The summed E-state index contributed by atoms with van der Waals surface area (Å²) >= 11 is 0. The first-order valence-electron chi connectivity index (χ1n) is 8.27. The van der Waals surface area contributed by atoms with Crippen LogP contribution in [0.25, 0.3) is 0 Å². The Bertz CT molecular complexity index is 435. The van der Waals surface area contributed by atoms with E-state index >= 15 is 0 Å². The Kier molecular flexibility index (Phi) is 4.65. The van der Waals surface area contributed by atoms with Crippen molar-refractivity contribution in [3.8, 4) is 0 Å². The molecule has 0 aliphatic heterocycles. The van der Waals surface area contributed by atoms with Gasteiger partial charge < -0.3 is 4.74 Å². The van der Waals surface area contributed by atoms with Gasteiger partial charge in [0.15, 0.2) is 0 Å². The molecule has 0 spiro atoms. The van der Waals surface area contributed by atoms with Crippen molar-refractivity contribution in [2.75, 3.05) is 0 Å². The third-order valence-corrected chi connectivity index (χ3v) is 5.99. The lowest BCUT2D eigenvalue weighted by atomic mass is 9.49. The number of hydrogen-bond acceptors (Lipinski definition) is 2. The second kappa shape index (κ2) is 5.98. The van der Waals surface area contributed by atoms with E-state index < -0.39 is 0 Å². The first-order chi connectivity index (χ1) is 9.81. The topological polar surface area (TPSA) is 26.3 Å². The summed E-state index contributed by atoms with van der Waals surface area (Å²) in [6.45, 7) is 14.1. The molecule has 118 valence electrons. The summed E-state index contributed by atoms with van der Waals surface area (Å²) in [7, 11) is 0. The normalized spacial score (nSPS) is 35.9. The summed E-state index contributed by atoms with van der Waals surface area (Å²) in [4.78, 5) is 10.5. The molecule has 2 heteroatoms. The Balaban J connectivity index is 2.18. The second-order valence-electron chi connectivity index (χ2n) is 7.93. The predicted octanol–water partition coefficient (Wildman–Crippen LogP) is 4.90. The Hall–Kier alpha value is -1.05. The van der Waals surface area contributed by atoms with Gasteiger partial charge in [-0.1, -0.05) is 51.5 Å². The highest BCUT2D eigenvalue weighted by atomic mass is 16.5. The third-order valence-electron chi connectivity index (χ3n) is 5.99. The standard InChI is InChI=1S/C19H30O2/c1-14-7-10-17-18(3,4)11-6-12-19(17,5)16(14)9-8-15(2)21-13-20/h7,10,13,15-17H,1,6,8-9,11-12H2,2-5H3/t15-,16+,17+,19-/m1/s1. The maximum Gasteiger partial charge on any atom is 0.293 e. The number of carbonyl (C=O) groups is 1. The molecule has 0 aromatic carbocycles. The first kappa shape index (κ1) is 16.3. The van der Waals surface area contributed by atoms with E-state index in [9.17, 15) is 4.79 Å². The maximum atomic E-state index is 10.5. The van der Waals surface area contributed by atoms with Gasteiger partial charge in [0.05, 0.1) is 6.10 Å². The monoisotopic (exact) mass is 290 g/mol. The first-order valence-corrected chi connectivity index (χ1v) is 8.27. The van der Waals surface area contributed by atoms with Crippen LogP contribution in [0.2, 0.25) is 0 Å². The molecule has 0 unspecified atom stereocenters. The van der Waals surface area contributed by atoms with Crippen molar-refractivity contribution in [2.24, 2.45) is 22.7 Å². The van der Waals surface area contributed by atoms with E-state index in [4.69, 9.17) is 4.74 Å². The smallest absolute Gasteiger partial charge is 0.293 e. The second-order valence-corrected chi connectivity index (χ2v) is 7.93. The zero-order valence-corrected chi connectivity index (χ0v) is 14.0. The van der Waals surface area contributed by atoms with Crippen LogP contribution in [0.15, 0.2) is 24.3 Å². The molecule has 2 aliphatic carbocycles. The SMILES string of the molecule is C=C1C=C[C@H]2C(C)(C)CCC[C@]2(C)[C@H]1CC[C@@H](C)OC=O. The molecule has 0 saturated heterocycles. The van der Waals surface area contributed by atoms with Crippen LogP contribution < -0.4 is 0 Å². The van der Waals surface area contributed by atoms with Crippen molar-refractivity contribution in [2.45, 2.75) is 65.9 Å². The zero-order valence-electron chi connectivity index (χ0n) is 14.0. The molecule has 2 rings (SSSR count). The maximum absolute atomic E-state index is 10.5. The Morgan fingerprint density at radius 1 is 1.43 bits per heavy atom. The van der Waals surface area contributed by atoms with Crippen molar-refractivity contribution in [1.82, 2.24) is 0 Å². The van der Waals surface area contributed by atoms with Crippen LogP contribution in [0.5, 0.6) is 0 Å². The molecule has 0 bridgehead atoms. The van der Waals surface area contributed by atoms with E-state index in [1.165, 1.54) is 24.8 Å². The number of ether oxygens (including phenoxy) is 1. The number of carbonyl (C=O) groups excluding carboxylic acids is 1. The van der Waals surface area contributed by atoms with Gasteiger partial charge in [-0.25, -0.2) is 0 Å². The highest BCUT2D eigenvalue weighted by Crippen LogP contribution is 2.59. The Morgan fingerprint density at radius 2 is 2.14 bits per heavy atom. The van der Waals surface area contributed by atoms with Gasteiger partial charge in [0.2, 0.25) is 0 Å². The van der Waals surface area contributed by atoms with Gasteiger partial charge in [-0.05, 0) is 55.3 Å². The highest BCUT2D eigenvalue weighted by molar-refractivity contribution is 5.37. The van der Waals surface area contributed by atoms with Gasteiger partial charge in [0.1, 0.15) is 0 Å². The molecule has 0 amide bonds. The minimum Gasteiger partial charge on any atom is -0.465 e. The Labute approximate surface area is 129 Å². The van der Waals surface area contributed by atoms with Crippen molar-refractivity contribution < 1.29 is 9.53 Å². The quantitative estimate of drug-likeness (QED) is 0.673. The van der Waals surface area contributed by atoms with Gasteiger partial charge in [-0.3, -0.25) is 4.79 Å². The summed E-state index contributed by atoms with van der Waals surface area (Å²) in [6.07, 6.45) is 10.5. The fraction of sp³-hybridized carbons (Fsp3) is 0.737. The van der Waals surface area contributed by atoms with Gasteiger partial charge in [0, 0.05) is 0 Å². The van der Waals surface area contributed by atoms with Gasteiger partial charge >= 0.3 is 0 Å². The van der Waals surface area contributed by atoms with E-state index in [0.29, 0.717) is 29.1 Å². The van der Waals surface area contributed by atoms with Crippen LogP contribution in [0.3, 0.4) is 0 Å². The van der Waals surface area contributed by atoms with Gasteiger partial charge in [-0.2, -0.15) is 0 Å². The van der Waals surface area contributed by atoms with Crippen molar-refractivity contribution in [1.29, 1.82) is 0 Å². The molecule has 0 heterocycles. The summed E-state index contributed by atoms with van der Waals surface area (Å²) in [5, 5.41) is 0. The highest BCUT2D eigenvalue weighted by Gasteiger charge is 2.50. The molecule has 2 aliphatic rings. The van der Waals surface area contributed by atoms with E-state index in [0.717, 1.165) is 12.8 Å². The number of rotatable bonds is 5. The molecule has 1 fully saturated rings. The molecule has 0 radical (unpaired) electrons. The van der Waals surface area contributed by atoms with Crippen molar-refractivity contribution in [3.63, 3.8) is 0 Å². The van der Waals surface area contributed by atoms with Crippen LogP contribution in [0.1, 0.15) is 59.8 Å². The van der Waals surface area contributed by atoms with Crippen LogP contribution in [-0.2, 0) is 9.53 Å². The lowest BCUT2D eigenvalue weighted by molar-refractivity contribution is -0.133. The molecule has 21 heavy (non-hydrogen) atoms. The Morgan fingerprint density at radius 3 is 2.81 bits per heavy atom. The average Bonchev–Trinajstić information content (AvgIpc) is 2.37. The summed E-state index contributed by atoms with van der Waals surface area (Å²) < 4.78 is 5.05. The molecule has 0 N–H and O–H groups in total. The van der Waals surface area contributed by atoms with Crippen LogP contribution >= 0.6 is 0 Å². The van der Waals surface area contributed by atoms with Crippen LogP contribution in [-0.4, -0.2) is 12.6 Å². The number of hydrogen-bond donors (Lipinski definition) is 0. The third kappa shape index (κ3) is 3.09. The van der Waals surface area contributed by atoms with E-state index in [1.807, 2.05) is 6.92 Å². The van der Waals surface area contributed by atoms with Crippen molar-refractivity contribution in [3.05, 3.63) is 24.3 Å². The van der Waals surface area contributed by atoms with Crippen molar-refractivity contribution >= 4 is 6.47 Å². The summed E-state index contributed by atoms with van der Waals surface area (Å²) in [6, 6.07) is 0. The molecule has 0 aromatic heterocycles.